The minimum Gasteiger partial charge on any atom is -0.508 e. The minimum absolute atomic E-state index is 0.0956. The zero-order chi connectivity index (χ0) is 16.2. The Hall–Kier alpha value is -3.28. The molecule has 2 N–H and O–H groups in total. The van der Waals surface area contributed by atoms with Crippen molar-refractivity contribution < 1.29 is 19.7 Å². The van der Waals surface area contributed by atoms with Crippen LogP contribution in [0.2, 0.25) is 0 Å². The lowest BCUT2D eigenvalue weighted by Gasteiger charge is -2.05. The van der Waals surface area contributed by atoms with Gasteiger partial charge in [-0.1, -0.05) is 18.2 Å². The maximum absolute atomic E-state index is 12.0. The van der Waals surface area contributed by atoms with Gasteiger partial charge in [0.2, 0.25) is 5.78 Å². The Morgan fingerprint density at radius 1 is 1.13 bits per heavy atom. The van der Waals surface area contributed by atoms with Crippen molar-refractivity contribution in [2.75, 3.05) is 6.61 Å². The van der Waals surface area contributed by atoms with E-state index in [0.29, 0.717) is 5.75 Å². The summed E-state index contributed by atoms with van der Waals surface area (Å²) in [5.41, 5.74) is 0.975. The molecular weight excluding hydrogens is 296 g/mol. The molecular formula is C17H14N2O4. The molecule has 0 spiro atoms. The molecule has 23 heavy (non-hydrogen) atoms. The molecule has 0 unspecified atom stereocenters. The first-order valence-electron chi connectivity index (χ1n) is 6.91. The summed E-state index contributed by atoms with van der Waals surface area (Å²) >= 11 is 0. The molecule has 0 bridgehead atoms. The van der Waals surface area contributed by atoms with Crippen LogP contribution >= 0.6 is 0 Å². The number of ketones is 1. The summed E-state index contributed by atoms with van der Waals surface area (Å²) in [4.78, 5) is 12.0. The predicted molar refractivity (Wildman–Crippen MR) is 83.2 cm³/mol. The topological polar surface area (TPSA) is 84.6 Å². The number of aromatic hydroxyl groups is 2. The Morgan fingerprint density at radius 2 is 1.91 bits per heavy atom. The van der Waals surface area contributed by atoms with Crippen LogP contribution in [0.25, 0.3) is 5.69 Å². The molecule has 0 radical (unpaired) electrons. The van der Waals surface area contributed by atoms with Crippen molar-refractivity contribution in [3.8, 4) is 22.9 Å². The molecule has 0 atom stereocenters. The minimum atomic E-state index is -0.394. The molecule has 116 valence electrons. The zero-order valence-corrected chi connectivity index (χ0v) is 12.1. The van der Waals surface area contributed by atoms with E-state index in [-0.39, 0.29) is 23.7 Å². The number of hydrogen-bond donors (Lipinski definition) is 2. The fourth-order valence-corrected chi connectivity index (χ4v) is 2.09. The Balaban J connectivity index is 1.67. The summed E-state index contributed by atoms with van der Waals surface area (Å²) in [5.74, 6) is -0.335. The van der Waals surface area contributed by atoms with Gasteiger partial charge in [0.15, 0.2) is 12.4 Å². The Kier molecular flexibility index (Phi) is 3.97. The highest BCUT2D eigenvalue weighted by molar-refractivity contribution is 5.99. The van der Waals surface area contributed by atoms with E-state index < -0.39 is 5.78 Å². The Bertz CT molecular complexity index is 828. The van der Waals surface area contributed by atoms with Crippen LogP contribution in [0.3, 0.4) is 0 Å². The number of benzene rings is 2. The molecule has 0 saturated carbocycles. The van der Waals surface area contributed by atoms with Gasteiger partial charge in [-0.05, 0) is 24.3 Å². The van der Waals surface area contributed by atoms with Crippen LogP contribution in [-0.4, -0.2) is 32.4 Å². The normalized spacial score (nSPS) is 10.4. The van der Waals surface area contributed by atoms with Gasteiger partial charge >= 0.3 is 0 Å². The molecule has 6 heteroatoms. The number of para-hydroxylation sites is 1. The van der Waals surface area contributed by atoms with Crippen LogP contribution in [0.1, 0.15) is 10.4 Å². The van der Waals surface area contributed by atoms with Crippen molar-refractivity contribution in [3.05, 3.63) is 66.5 Å². The van der Waals surface area contributed by atoms with Crippen LogP contribution in [0.4, 0.5) is 0 Å². The second kappa shape index (κ2) is 6.23. The quantitative estimate of drug-likeness (QED) is 0.707. The number of nitrogens with zero attached hydrogens (tertiary/aromatic N) is 2. The van der Waals surface area contributed by atoms with Gasteiger partial charge in [-0.2, -0.15) is 5.10 Å². The molecule has 3 rings (SSSR count). The lowest BCUT2D eigenvalue weighted by Crippen LogP contribution is -2.11. The average Bonchev–Trinajstić information content (AvgIpc) is 3.02. The van der Waals surface area contributed by atoms with Crippen LogP contribution in [-0.2, 0) is 0 Å². The van der Waals surface area contributed by atoms with Crippen molar-refractivity contribution in [2.24, 2.45) is 0 Å². The summed E-state index contributed by atoms with van der Waals surface area (Å²) in [6.45, 7) is -0.237. The van der Waals surface area contributed by atoms with Crippen molar-refractivity contribution >= 4 is 5.78 Å². The highest BCUT2D eigenvalue weighted by atomic mass is 16.5. The molecule has 1 aromatic heterocycles. The van der Waals surface area contributed by atoms with Gasteiger partial charge in [-0.25, -0.2) is 4.68 Å². The highest BCUT2D eigenvalue weighted by Gasteiger charge is 2.13. The molecule has 6 nitrogen and oxygen atoms in total. The number of rotatable bonds is 5. The van der Waals surface area contributed by atoms with Gasteiger partial charge in [0.25, 0.3) is 0 Å². The van der Waals surface area contributed by atoms with Gasteiger partial charge in [-0.15, -0.1) is 0 Å². The molecule has 0 aliphatic carbocycles. The third kappa shape index (κ3) is 3.32. The lowest BCUT2D eigenvalue weighted by atomic mass is 10.1. The molecule has 0 amide bonds. The Morgan fingerprint density at radius 3 is 2.65 bits per heavy atom. The number of carbonyl (C=O) groups excluding carboxylic acids is 1. The first kappa shape index (κ1) is 14.6. The highest BCUT2D eigenvalue weighted by Crippen LogP contribution is 2.23. The van der Waals surface area contributed by atoms with E-state index in [0.717, 1.165) is 11.8 Å². The van der Waals surface area contributed by atoms with Crippen LogP contribution < -0.4 is 4.74 Å². The number of phenols is 2. The summed E-state index contributed by atoms with van der Waals surface area (Å²) < 4.78 is 7.04. The SMILES string of the molecule is O=C(COc1cnn(-c2ccccc2)c1)c1ccc(O)cc1O. The average molecular weight is 310 g/mol. The molecule has 3 aromatic rings. The molecule has 0 fully saturated rings. The predicted octanol–water partition coefficient (Wildman–Crippen LogP) is 2.55. The smallest absolute Gasteiger partial charge is 0.203 e. The van der Waals surface area contributed by atoms with Crippen molar-refractivity contribution in [3.63, 3.8) is 0 Å². The number of phenolic OH excluding ortho intramolecular Hbond substituents is 2. The fourth-order valence-electron chi connectivity index (χ4n) is 2.09. The standard InChI is InChI=1S/C17H14N2O4/c20-13-6-7-15(16(21)8-13)17(22)11-23-14-9-18-19(10-14)12-4-2-1-3-5-12/h1-10,20-21H,11H2. The molecule has 0 aliphatic heterocycles. The fraction of sp³-hybridized carbons (Fsp3) is 0.0588. The summed E-state index contributed by atoms with van der Waals surface area (Å²) in [6.07, 6.45) is 3.18. The first-order chi connectivity index (χ1) is 11.1. The van der Waals surface area contributed by atoms with Crippen molar-refractivity contribution in [1.29, 1.82) is 0 Å². The van der Waals surface area contributed by atoms with Crippen molar-refractivity contribution in [2.45, 2.75) is 0 Å². The van der Waals surface area contributed by atoms with Crippen LogP contribution in [0.5, 0.6) is 17.2 Å². The number of Topliss-reactive ketones (excluding diaryl/α,β-unsaturated/α-hetero) is 1. The van der Waals surface area contributed by atoms with E-state index in [2.05, 4.69) is 5.10 Å². The lowest BCUT2D eigenvalue weighted by molar-refractivity contribution is 0.0919. The largest absolute Gasteiger partial charge is 0.508 e. The van der Waals surface area contributed by atoms with Gasteiger partial charge in [-0.3, -0.25) is 4.79 Å². The number of carbonyl (C=O) groups is 1. The van der Waals surface area contributed by atoms with Gasteiger partial charge in [0.1, 0.15) is 11.5 Å². The third-order valence-electron chi connectivity index (χ3n) is 3.23. The van der Waals surface area contributed by atoms with Crippen LogP contribution in [0, 0.1) is 0 Å². The van der Waals surface area contributed by atoms with Gasteiger partial charge < -0.3 is 14.9 Å². The summed E-state index contributed by atoms with van der Waals surface area (Å²) in [7, 11) is 0. The number of ether oxygens (including phenoxy) is 1. The van der Waals surface area contributed by atoms with E-state index in [4.69, 9.17) is 4.74 Å². The zero-order valence-electron chi connectivity index (χ0n) is 12.1. The van der Waals surface area contributed by atoms with Gasteiger partial charge in [0, 0.05) is 6.07 Å². The number of hydrogen-bond acceptors (Lipinski definition) is 5. The number of aromatic nitrogens is 2. The second-order valence-electron chi connectivity index (χ2n) is 4.87. The summed E-state index contributed by atoms with van der Waals surface area (Å²) in [5, 5.41) is 23.0. The van der Waals surface area contributed by atoms with E-state index in [1.807, 2.05) is 30.3 Å². The Labute approximate surface area is 132 Å². The van der Waals surface area contributed by atoms with Gasteiger partial charge in [0.05, 0.1) is 23.6 Å². The monoisotopic (exact) mass is 310 g/mol. The molecule has 1 heterocycles. The first-order valence-corrected chi connectivity index (χ1v) is 6.91. The molecule has 0 saturated heterocycles. The molecule has 2 aromatic carbocycles. The maximum atomic E-state index is 12.0. The maximum Gasteiger partial charge on any atom is 0.203 e. The van der Waals surface area contributed by atoms with Crippen LogP contribution in [0.15, 0.2) is 60.9 Å². The van der Waals surface area contributed by atoms with E-state index in [1.54, 1.807) is 10.9 Å². The van der Waals surface area contributed by atoms with Crippen molar-refractivity contribution in [1.82, 2.24) is 9.78 Å². The van der Waals surface area contributed by atoms with E-state index >= 15 is 0 Å². The third-order valence-corrected chi connectivity index (χ3v) is 3.23. The van der Waals surface area contributed by atoms with E-state index in [9.17, 15) is 15.0 Å². The van der Waals surface area contributed by atoms with E-state index in [1.165, 1.54) is 18.3 Å². The summed E-state index contributed by atoms with van der Waals surface area (Å²) in [6, 6.07) is 13.3. The second-order valence-corrected chi connectivity index (χ2v) is 4.87. The molecule has 0 aliphatic rings.